The average Bonchev–Trinajstić information content (AvgIpc) is 3.44. The Balaban J connectivity index is 1.56. The molecule has 38 heavy (non-hydrogen) atoms. The molecule has 7 rings (SSSR count). The van der Waals surface area contributed by atoms with Gasteiger partial charge >= 0.3 is 0 Å². The van der Waals surface area contributed by atoms with Crippen molar-refractivity contribution in [1.29, 1.82) is 0 Å². The highest BCUT2D eigenvalue weighted by Crippen LogP contribution is 2.74. The lowest BCUT2D eigenvalue weighted by atomic mass is 9.78. The van der Waals surface area contributed by atoms with Gasteiger partial charge in [0.15, 0.2) is 0 Å². The van der Waals surface area contributed by atoms with E-state index in [0.717, 1.165) is 0 Å². The van der Waals surface area contributed by atoms with Gasteiger partial charge in [0, 0.05) is 11.1 Å². The Morgan fingerprint density at radius 3 is 1.34 bits per heavy atom. The lowest BCUT2D eigenvalue weighted by molar-refractivity contribution is 0.250. The van der Waals surface area contributed by atoms with Gasteiger partial charge in [-0.2, -0.15) is 0 Å². The smallest absolute Gasteiger partial charge is 0.0837 e. The fourth-order valence-corrected chi connectivity index (χ4v) is 17.8. The molecule has 0 saturated carbocycles. The summed E-state index contributed by atoms with van der Waals surface area (Å²) in [5, 5.41) is 0. The van der Waals surface area contributed by atoms with Gasteiger partial charge in [-0.3, -0.25) is 0 Å². The van der Waals surface area contributed by atoms with Crippen LogP contribution in [0.4, 0.5) is 0 Å². The van der Waals surface area contributed by atoms with Crippen LogP contribution in [0.1, 0.15) is 67.5 Å². The molecule has 0 spiro atoms. The summed E-state index contributed by atoms with van der Waals surface area (Å²) in [6.45, 7) is 14.3. The van der Waals surface area contributed by atoms with E-state index in [1.807, 2.05) is 0 Å². The number of hydrogen-bond acceptors (Lipinski definition) is 0. The second kappa shape index (κ2) is 8.17. The molecule has 2 atom stereocenters. The summed E-state index contributed by atoms with van der Waals surface area (Å²) in [7, 11) is -2.15. The van der Waals surface area contributed by atoms with Crippen molar-refractivity contribution in [2.24, 2.45) is 10.8 Å². The minimum Gasteiger partial charge on any atom is -0.103 e. The zero-order valence-corrected chi connectivity index (χ0v) is 24.2. The Morgan fingerprint density at radius 2 is 1.03 bits per heavy atom. The van der Waals surface area contributed by atoms with E-state index >= 15 is 0 Å². The molecule has 0 radical (unpaired) electrons. The molecule has 4 aromatic carbocycles. The third-order valence-electron chi connectivity index (χ3n) is 10.2. The molecule has 0 aromatic heterocycles. The predicted octanol–water partition coefficient (Wildman–Crippen LogP) is 10.2. The minimum atomic E-state index is -2.15. The normalized spacial score (nSPS) is 23.2. The average molecular weight is 511 g/mol. The summed E-state index contributed by atoms with van der Waals surface area (Å²) in [4.78, 5) is 0. The van der Waals surface area contributed by atoms with Crippen LogP contribution in [0.3, 0.4) is 0 Å². The van der Waals surface area contributed by atoms with E-state index in [1.54, 1.807) is 22.3 Å². The first-order valence-electron chi connectivity index (χ1n) is 14.3. The highest BCUT2D eigenvalue weighted by atomic mass is 28.3. The topological polar surface area (TPSA) is 0 Å². The zero-order chi connectivity index (χ0) is 26.3. The van der Waals surface area contributed by atoms with Crippen LogP contribution in [0.2, 0.25) is 11.6 Å². The summed E-state index contributed by atoms with van der Waals surface area (Å²) < 4.78 is 0. The summed E-state index contributed by atoms with van der Waals surface area (Å²) in [5.74, 6) is 0. The standard InChI is InChI=1S/C37H38Si/c1-6-37(5)24-38(33(37)23-36(2,3)4,34-29-19-11-7-15-25(29)26-16-8-12-20-30(26)34)35-31-21-13-9-17-27(31)28-18-10-14-22-32(28)35/h6-22,33-35H,1,23-24H2,2-5H3. The first kappa shape index (κ1) is 23.9. The fraction of sp³-hybridized carbons (Fsp3) is 0.297. The van der Waals surface area contributed by atoms with E-state index in [-0.39, 0.29) is 10.8 Å². The minimum absolute atomic E-state index is 0.165. The molecule has 1 fully saturated rings. The summed E-state index contributed by atoms with van der Waals surface area (Å²) in [5.41, 5.74) is 14.2. The molecule has 2 aliphatic carbocycles. The molecular weight excluding hydrogens is 472 g/mol. The van der Waals surface area contributed by atoms with Gasteiger partial charge in [-0.1, -0.05) is 131 Å². The van der Waals surface area contributed by atoms with E-state index in [9.17, 15) is 0 Å². The van der Waals surface area contributed by atoms with Crippen molar-refractivity contribution in [1.82, 2.24) is 0 Å². The van der Waals surface area contributed by atoms with Crippen LogP contribution in [0.5, 0.6) is 0 Å². The van der Waals surface area contributed by atoms with Crippen molar-refractivity contribution in [3.05, 3.63) is 132 Å². The number of allylic oxidation sites excluding steroid dienone is 1. The third-order valence-corrected chi connectivity index (χ3v) is 17.1. The molecule has 1 aliphatic heterocycles. The molecule has 4 aromatic rings. The number of hydrogen-bond donors (Lipinski definition) is 0. The molecule has 0 bridgehead atoms. The van der Waals surface area contributed by atoms with Gasteiger partial charge in [0.2, 0.25) is 0 Å². The van der Waals surface area contributed by atoms with Gasteiger partial charge in [-0.15, -0.1) is 6.58 Å². The monoisotopic (exact) mass is 510 g/mol. The van der Waals surface area contributed by atoms with Gasteiger partial charge in [0.05, 0.1) is 8.07 Å². The van der Waals surface area contributed by atoms with Crippen molar-refractivity contribution < 1.29 is 0 Å². The lowest BCUT2D eigenvalue weighted by Gasteiger charge is -2.66. The van der Waals surface area contributed by atoms with Crippen LogP contribution < -0.4 is 0 Å². The van der Waals surface area contributed by atoms with E-state index in [4.69, 9.17) is 0 Å². The molecule has 0 N–H and O–H groups in total. The van der Waals surface area contributed by atoms with Gasteiger partial charge in [-0.25, -0.2) is 0 Å². The van der Waals surface area contributed by atoms with E-state index in [0.29, 0.717) is 16.6 Å². The molecule has 2 unspecified atom stereocenters. The fourth-order valence-electron chi connectivity index (χ4n) is 8.88. The van der Waals surface area contributed by atoms with E-state index < -0.39 is 8.07 Å². The van der Waals surface area contributed by atoms with Crippen molar-refractivity contribution in [3.63, 3.8) is 0 Å². The molecule has 1 saturated heterocycles. The maximum Gasteiger partial charge on any atom is 0.0837 e. The van der Waals surface area contributed by atoms with Crippen molar-refractivity contribution in [2.75, 3.05) is 0 Å². The molecule has 0 nitrogen and oxygen atoms in total. The number of rotatable bonds is 4. The molecule has 0 amide bonds. The van der Waals surface area contributed by atoms with E-state index in [2.05, 4.69) is 137 Å². The van der Waals surface area contributed by atoms with Crippen LogP contribution in [0, 0.1) is 10.8 Å². The molecule has 3 aliphatic rings. The van der Waals surface area contributed by atoms with Crippen LogP contribution in [-0.2, 0) is 0 Å². The van der Waals surface area contributed by atoms with E-state index in [1.165, 1.54) is 34.7 Å². The van der Waals surface area contributed by atoms with Gasteiger partial charge in [0.25, 0.3) is 0 Å². The highest BCUT2D eigenvalue weighted by molar-refractivity contribution is 6.88. The lowest BCUT2D eigenvalue weighted by Crippen LogP contribution is -2.66. The predicted molar refractivity (Wildman–Crippen MR) is 164 cm³/mol. The SMILES string of the molecule is C=CC1(C)C[Si](C2c3ccccc3-c3ccccc32)(C2c3ccccc3-c3ccccc32)C1CC(C)(C)C. The van der Waals surface area contributed by atoms with Gasteiger partial charge < -0.3 is 0 Å². The van der Waals surface area contributed by atoms with Gasteiger partial charge in [-0.05, 0) is 73.3 Å². The maximum absolute atomic E-state index is 4.45. The van der Waals surface area contributed by atoms with Crippen LogP contribution in [-0.4, -0.2) is 8.07 Å². The summed E-state index contributed by atoms with van der Waals surface area (Å²) >= 11 is 0. The number of benzene rings is 4. The first-order chi connectivity index (χ1) is 18.3. The largest absolute Gasteiger partial charge is 0.103 e. The van der Waals surface area contributed by atoms with Gasteiger partial charge in [0.1, 0.15) is 0 Å². The van der Waals surface area contributed by atoms with Crippen LogP contribution >= 0.6 is 0 Å². The zero-order valence-electron chi connectivity index (χ0n) is 23.2. The maximum atomic E-state index is 4.45. The van der Waals surface area contributed by atoms with Crippen LogP contribution in [0.15, 0.2) is 110 Å². The van der Waals surface area contributed by atoms with Crippen molar-refractivity contribution in [3.8, 4) is 22.3 Å². The quantitative estimate of drug-likeness (QED) is 0.189. The van der Waals surface area contributed by atoms with Crippen LogP contribution in [0.25, 0.3) is 22.3 Å². The Bertz CT molecular complexity index is 1380. The Morgan fingerprint density at radius 1 is 0.684 bits per heavy atom. The first-order valence-corrected chi connectivity index (χ1v) is 16.7. The second-order valence-electron chi connectivity index (χ2n) is 13.5. The van der Waals surface area contributed by atoms with Crippen molar-refractivity contribution in [2.45, 2.75) is 56.8 Å². The molecule has 1 heterocycles. The second-order valence-corrected chi connectivity index (χ2v) is 18.0. The molecular formula is C37H38Si. The summed E-state index contributed by atoms with van der Waals surface area (Å²) in [6, 6.07) is 38.6. The summed E-state index contributed by atoms with van der Waals surface area (Å²) in [6.07, 6.45) is 3.57. The Hall–Kier alpha value is -3.16. The Kier molecular flexibility index (Phi) is 5.14. The Labute approximate surface area is 229 Å². The molecule has 190 valence electrons. The molecule has 1 heteroatoms. The van der Waals surface area contributed by atoms with Crippen molar-refractivity contribution >= 4 is 8.07 Å². The number of fused-ring (bicyclic) bond motifs is 6. The highest BCUT2D eigenvalue weighted by Gasteiger charge is 2.70. The third kappa shape index (κ3) is 3.15.